The van der Waals surface area contributed by atoms with Gasteiger partial charge in [0, 0.05) is 18.1 Å². The van der Waals surface area contributed by atoms with Crippen molar-refractivity contribution < 1.29 is 22.8 Å². The molecule has 0 unspecified atom stereocenters. The molecule has 8 nitrogen and oxygen atoms in total. The van der Waals surface area contributed by atoms with Crippen molar-refractivity contribution in [3.8, 4) is 0 Å². The molecule has 2 aromatic heterocycles. The molecule has 0 bridgehead atoms. The van der Waals surface area contributed by atoms with Gasteiger partial charge in [-0.3, -0.25) is 20.0 Å². The fraction of sp³-hybridized carbons (Fsp3) is 0.238. The van der Waals surface area contributed by atoms with Gasteiger partial charge in [0.15, 0.2) is 5.13 Å². The molecule has 178 valence electrons. The van der Waals surface area contributed by atoms with E-state index in [4.69, 9.17) is 11.6 Å². The Labute approximate surface area is 199 Å². The Morgan fingerprint density at radius 1 is 1.18 bits per heavy atom. The lowest BCUT2D eigenvalue weighted by molar-refractivity contribution is -0.136. The lowest BCUT2D eigenvalue weighted by Gasteiger charge is -2.26. The molecule has 0 saturated heterocycles. The molecule has 0 aliphatic rings. The van der Waals surface area contributed by atoms with Gasteiger partial charge in [-0.15, -0.1) is 0 Å². The molecule has 0 saturated carbocycles. The number of anilines is 2. The van der Waals surface area contributed by atoms with Crippen molar-refractivity contribution in [1.82, 2.24) is 20.5 Å². The molecule has 0 spiro atoms. The van der Waals surface area contributed by atoms with Crippen LogP contribution in [0.5, 0.6) is 0 Å². The predicted molar refractivity (Wildman–Crippen MR) is 125 cm³/mol. The van der Waals surface area contributed by atoms with Gasteiger partial charge in [0.05, 0.1) is 38.1 Å². The number of carbonyl (C=O) groups excluding carboxylic acids is 2. The van der Waals surface area contributed by atoms with E-state index >= 15 is 0 Å². The Balaban J connectivity index is 1.63. The number of aromatic nitrogens is 3. The number of rotatable bonds is 5. The molecule has 0 radical (unpaired) electrons. The molecule has 4 aromatic rings. The maximum Gasteiger partial charge on any atom is 0.418 e. The number of halogens is 4. The van der Waals surface area contributed by atoms with Crippen molar-refractivity contribution in [2.75, 3.05) is 17.7 Å². The van der Waals surface area contributed by atoms with E-state index < -0.39 is 29.1 Å². The molecular weight excluding hydrogens is 493 g/mol. The lowest BCUT2D eigenvalue weighted by Crippen LogP contribution is -2.44. The zero-order valence-electron chi connectivity index (χ0n) is 18.0. The van der Waals surface area contributed by atoms with Crippen molar-refractivity contribution in [3.05, 3.63) is 46.6 Å². The molecule has 13 heteroatoms. The highest BCUT2D eigenvalue weighted by Gasteiger charge is 2.36. The number of H-pyrrole nitrogens is 1. The molecule has 2 aromatic carbocycles. The number of nitrogens with zero attached hydrogens (tertiary/aromatic N) is 2. The Kier molecular flexibility index (Phi) is 5.90. The van der Waals surface area contributed by atoms with Gasteiger partial charge < -0.3 is 10.6 Å². The lowest BCUT2D eigenvalue weighted by atomic mass is 10.0. The van der Waals surface area contributed by atoms with Gasteiger partial charge in [0.2, 0.25) is 0 Å². The Bertz CT molecular complexity index is 1430. The SMILES string of the molecule is CNC(=O)c1cc(NC(C)(C)C(=O)Nc2nc3c(C(F)(F)F)cc4[nH]ncc4c3s2)ccc1Cl. The summed E-state index contributed by atoms with van der Waals surface area (Å²) in [7, 11) is 1.47. The fourth-order valence-electron chi connectivity index (χ4n) is 3.34. The summed E-state index contributed by atoms with van der Waals surface area (Å²) in [6, 6.07) is 5.57. The largest absolute Gasteiger partial charge is 0.418 e. The average Bonchev–Trinajstić information content (AvgIpc) is 3.39. The first-order valence-corrected chi connectivity index (χ1v) is 11.0. The van der Waals surface area contributed by atoms with Gasteiger partial charge in [-0.25, -0.2) is 4.98 Å². The molecule has 0 fully saturated rings. The second kappa shape index (κ2) is 8.44. The van der Waals surface area contributed by atoms with Crippen LogP contribution in [0.2, 0.25) is 5.02 Å². The van der Waals surface area contributed by atoms with Crippen LogP contribution in [0.4, 0.5) is 24.0 Å². The summed E-state index contributed by atoms with van der Waals surface area (Å²) in [5.74, 6) is -0.934. The predicted octanol–water partition coefficient (Wildman–Crippen LogP) is 5.03. The molecule has 0 aliphatic carbocycles. The van der Waals surface area contributed by atoms with E-state index in [0.717, 1.165) is 17.4 Å². The maximum absolute atomic E-state index is 13.6. The smallest absolute Gasteiger partial charge is 0.372 e. The van der Waals surface area contributed by atoms with Gasteiger partial charge in [-0.05, 0) is 38.1 Å². The topological polar surface area (TPSA) is 112 Å². The van der Waals surface area contributed by atoms with Crippen LogP contribution < -0.4 is 16.0 Å². The number of hydrogen-bond donors (Lipinski definition) is 4. The molecule has 2 amide bonds. The maximum atomic E-state index is 13.6. The average molecular weight is 511 g/mol. The highest BCUT2D eigenvalue weighted by molar-refractivity contribution is 7.23. The monoisotopic (exact) mass is 510 g/mol. The summed E-state index contributed by atoms with van der Waals surface area (Å²) >= 11 is 6.99. The van der Waals surface area contributed by atoms with Crippen LogP contribution in [0.15, 0.2) is 30.5 Å². The van der Waals surface area contributed by atoms with Gasteiger partial charge in [0.1, 0.15) is 5.54 Å². The number of aromatic amines is 1. The number of nitrogens with one attached hydrogen (secondary N) is 4. The zero-order chi connectivity index (χ0) is 24.8. The third-order valence-electron chi connectivity index (χ3n) is 5.07. The Hall–Kier alpha value is -3.38. The second-order valence-electron chi connectivity index (χ2n) is 7.93. The van der Waals surface area contributed by atoms with Crippen LogP contribution in [0.1, 0.15) is 29.8 Å². The van der Waals surface area contributed by atoms with Crippen molar-refractivity contribution in [1.29, 1.82) is 0 Å². The molecule has 4 N–H and O–H groups in total. The van der Waals surface area contributed by atoms with E-state index in [1.165, 1.54) is 25.4 Å². The highest BCUT2D eigenvalue weighted by atomic mass is 35.5. The van der Waals surface area contributed by atoms with Gasteiger partial charge in [0.25, 0.3) is 11.8 Å². The van der Waals surface area contributed by atoms with Crippen molar-refractivity contribution in [2.45, 2.75) is 25.6 Å². The summed E-state index contributed by atoms with van der Waals surface area (Å²) in [5, 5.41) is 15.2. The number of amides is 2. The van der Waals surface area contributed by atoms with E-state index in [1.807, 2.05) is 0 Å². The first-order chi connectivity index (χ1) is 15.9. The number of thiazole rings is 1. The van der Waals surface area contributed by atoms with E-state index in [0.29, 0.717) is 11.1 Å². The first-order valence-electron chi connectivity index (χ1n) is 9.86. The summed E-state index contributed by atoms with van der Waals surface area (Å²) < 4.78 is 41.0. The van der Waals surface area contributed by atoms with Crippen LogP contribution in [0, 0.1) is 0 Å². The summed E-state index contributed by atoms with van der Waals surface area (Å²) in [5.41, 5.74) is -1.51. The number of fused-ring (bicyclic) bond motifs is 3. The minimum Gasteiger partial charge on any atom is -0.372 e. The second-order valence-corrected chi connectivity index (χ2v) is 9.33. The van der Waals surface area contributed by atoms with Gasteiger partial charge in [-0.1, -0.05) is 22.9 Å². The number of benzene rings is 2. The Morgan fingerprint density at radius 3 is 2.59 bits per heavy atom. The minimum atomic E-state index is -4.63. The first kappa shape index (κ1) is 23.8. The third kappa shape index (κ3) is 4.38. The van der Waals surface area contributed by atoms with Crippen LogP contribution in [0.25, 0.3) is 21.1 Å². The van der Waals surface area contributed by atoms with E-state index in [2.05, 4.69) is 31.1 Å². The van der Waals surface area contributed by atoms with Gasteiger partial charge in [-0.2, -0.15) is 18.3 Å². The van der Waals surface area contributed by atoms with Crippen molar-refractivity contribution in [3.63, 3.8) is 0 Å². The third-order valence-corrected chi connectivity index (χ3v) is 6.41. The van der Waals surface area contributed by atoms with Crippen molar-refractivity contribution >= 4 is 66.7 Å². The molecular formula is C21H18ClF3N6O2S. The van der Waals surface area contributed by atoms with Crippen LogP contribution in [-0.2, 0) is 11.0 Å². The van der Waals surface area contributed by atoms with E-state index in [9.17, 15) is 22.8 Å². The molecule has 34 heavy (non-hydrogen) atoms. The zero-order valence-corrected chi connectivity index (χ0v) is 19.6. The Morgan fingerprint density at radius 2 is 1.91 bits per heavy atom. The molecule has 2 heterocycles. The van der Waals surface area contributed by atoms with Gasteiger partial charge >= 0.3 is 6.18 Å². The summed E-state index contributed by atoms with van der Waals surface area (Å²) in [6.45, 7) is 3.17. The molecule has 0 aliphatic heterocycles. The van der Waals surface area contributed by atoms with Crippen LogP contribution in [-0.4, -0.2) is 39.6 Å². The highest BCUT2D eigenvalue weighted by Crippen LogP contribution is 2.41. The number of hydrogen-bond acceptors (Lipinski definition) is 6. The van der Waals surface area contributed by atoms with Crippen molar-refractivity contribution in [2.24, 2.45) is 0 Å². The molecule has 0 atom stereocenters. The van der Waals surface area contributed by atoms with Crippen LogP contribution >= 0.6 is 22.9 Å². The number of alkyl halides is 3. The fourth-order valence-corrected chi connectivity index (χ4v) is 4.54. The summed E-state index contributed by atoms with van der Waals surface area (Å²) in [6.07, 6.45) is -3.22. The van der Waals surface area contributed by atoms with E-state index in [1.54, 1.807) is 19.9 Å². The number of carbonyl (C=O) groups is 2. The summed E-state index contributed by atoms with van der Waals surface area (Å²) in [4.78, 5) is 29.0. The minimum absolute atomic E-state index is 0.0104. The molecule has 4 rings (SSSR count). The van der Waals surface area contributed by atoms with E-state index in [-0.39, 0.29) is 31.5 Å². The quantitative estimate of drug-likeness (QED) is 0.301. The normalized spacial score (nSPS) is 12.2. The standard InChI is InChI=1S/C21H18ClF3N6O2S/c1-20(2,30-9-4-5-13(22)10(6-9)17(32)26-3)18(33)29-19-28-15-12(21(23,24)25)7-14-11(8-27-31-14)16(15)34-19/h4-8,30H,1-3H3,(H,26,32)(H,27,31)(H,28,29,33). The van der Waals surface area contributed by atoms with Crippen LogP contribution in [0.3, 0.4) is 0 Å².